The van der Waals surface area contributed by atoms with E-state index in [9.17, 15) is 14.9 Å². The molecule has 1 N–H and O–H groups in total. The van der Waals surface area contributed by atoms with Gasteiger partial charge in [0.05, 0.1) is 10.5 Å². The van der Waals surface area contributed by atoms with Crippen LogP contribution in [0, 0.1) is 28.4 Å². The molecule has 1 saturated carbocycles. The van der Waals surface area contributed by atoms with Gasteiger partial charge in [0.25, 0.3) is 5.69 Å². The van der Waals surface area contributed by atoms with Gasteiger partial charge in [-0.2, -0.15) is 0 Å². The molecule has 1 aliphatic rings. The highest BCUT2D eigenvalue weighted by Crippen LogP contribution is 2.31. The molecular formula is C17H20N2O4. The van der Waals surface area contributed by atoms with Gasteiger partial charge in [-0.3, -0.25) is 10.1 Å². The summed E-state index contributed by atoms with van der Waals surface area (Å²) in [5.74, 6) is 1.99. The van der Waals surface area contributed by atoms with Gasteiger partial charge in [-0.15, -0.1) is 6.42 Å². The summed E-state index contributed by atoms with van der Waals surface area (Å²) in [7, 11) is 0. The lowest BCUT2D eigenvalue weighted by Crippen LogP contribution is -2.30. The molecule has 0 radical (unpaired) electrons. The highest BCUT2D eigenvalue weighted by Gasteiger charge is 2.25. The zero-order chi connectivity index (χ0) is 16.8. The van der Waals surface area contributed by atoms with Crippen molar-refractivity contribution in [2.45, 2.75) is 38.6 Å². The average molecular weight is 316 g/mol. The molecule has 1 aromatic rings. The summed E-state index contributed by atoms with van der Waals surface area (Å²) in [5.41, 5.74) is 0.425. The Balaban J connectivity index is 2.21. The predicted octanol–water partition coefficient (Wildman–Crippen LogP) is 3.38. The molecule has 0 aromatic heterocycles. The van der Waals surface area contributed by atoms with Gasteiger partial charge in [0.15, 0.2) is 6.61 Å². The van der Waals surface area contributed by atoms with E-state index in [1.165, 1.54) is 18.6 Å². The van der Waals surface area contributed by atoms with Crippen molar-refractivity contribution in [2.24, 2.45) is 5.92 Å². The monoisotopic (exact) mass is 316 g/mol. The molecule has 2 atom stereocenters. The molecule has 2 rings (SSSR count). The number of carbonyl (C=O) groups is 1. The van der Waals surface area contributed by atoms with Gasteiger partial charge in [-0.25, -0.2) is 4.79 Å². The average Bonchev–Trinajstić information content (AvgIpc) is 2.54. The Morgan fingerprint density at radius 1 is 1.48 bits per heavy atom. The maximum atomic E-state index is 11.8. The number of esters is 1. The molecule has 6 heteroatoms. The van der Waals surface area contributed by atoms with Gasteiger partial charge in [0.2, 0.25) is 0 Å². The van der Waals surface area contributed by atoms with Crippen molar-refractivity contribution < 1.29 is 14.5 Å². The number of benzene rings is 1. The van der Waals surface area contributed by atoms with Crippen molar-refractivity contribution in [3.63, 3.8) is 0 Å². The quantitative estimate of drug-likeness (QED) is 0.390. The molecule has 0 aliphatic heterocycles. The summed E-state index contributed by atoms with van der Waals surface area (Å²) in [5, 5.41) is 14.6. The Morgan fingerprint density at radius 2 is 2.22 bits per heavy atom. The van der Waals surface area contributed by atoms with Crippen LogP contribution in [0.15, 0.2) is 18.2 Å². The van der Waals surface area contributed by atoms with E-state index in [4.69, 9.17) is 11.2 Å². The first kappa shape index (κ1) is 16.8. The van der Waals surface area contributed by atoms with Gasteiger partial charge in [0, 0.05) is 12.1 Å². The minimum atomic E-state index is -0.663. The van der Waals surface area contributed by atoms with Crippen molar-refractivity contribution in [3.8, 4) is 12.3 Å². The summed E-state index contributed by atoms with van der Waals surface area (Å²) in [6.45, 7) is 1.99. The Bertz CT molecular complexity index is 636. The lowest BCUT2D eigenvalue weighted by atomic mass is 9.86. The van der Waals surface area contributed by atoms with Crippen molar-refractivity contribution in [1.29, 1.82) is 0 Å². The van der Waals surface area contributed by atoms with E-state index in [0.29, 0.717) is 11.6 Å². The van der Waals surface area contributed by atoms with Crippen LogP contribution in [0.4, 0.5) is 11.4 Å². The van der Waals surface area contributed by atoms with Crippen LogP contribution in [0.3, 0.4) is 0 Å². The van der Waals surface area contributed by atoms with Crippen molar-refractivity contribution in [2.75, 3.05) is 11.9 Å². The summed E-state index contributed by atoms with van der Waals surface area (Å²) in [4.78, 5) is 22.6. The highest BCUT2D eigenvalue weighted by molar-refractivity contribution is 5.91. The number of nitro benzene ring substituents is 1. The van der Waals surface area contributed by atoms with Crippen LogP contribution in [0.25, 0.3) is 0 Å². The van der Waals surface area contributed by atoms with Crippen LogP contribution in [0.1, 0.15) is 43.0 Å². The zero-order valence-corrected chi connectivity index (χ0v) is 13.1. The Labute approximate surface area is 135 Å². The third-order valence-electron chi connectivity index (χ3n) is 4.17. The summed E-state index contributed by atoms with van der Waals surface area (Å²) < 4.78 is 4.80. The number of terminal acetylenes is 1. The largest absolute Gasteiger partial charge is 0.449 e. The maximum absolute atomic E-state index is 11.8. The molecule has 23 heavy (non-hydrogen) atoms. The maximum Gasteiger partial charge on any atom is 0.339 e. The SMILES string of the molecule is C#CCOC(=O)c1ccc(NC2CCCCC2C)c([N+](=O)[O-])c1. The first-order valence-electron chi connectivity index (χ1n) is 7.68. The lowest BCUT2D eigenvalue weighted by molar-refractivity contribution is -0.384. The van der Waals surface area contributed by atoms with Crippen molar-refractivity contribution >= 4 is 17.3 Å². The van der Waals surface area contributed by atoms with Crippen molar-refractivity contribution in [3.05, 3.63) is 33.9 Å². The number of nitro groups is 1. The van der Waals surface area contributed by atoms with Crippen LogP contribution >= 0.6 is 0 Å². The Hall–Kier alpha value is -2.55. The predicted molar refractivity (Wildman–Crippen MR) is 87.3 cm³/mol. The third kappa shape index (κ3) is 4.22. The van der Waals surface area contributed by atoms with Crippen LogP contribution in [-0.4, -0.2) is 23.5 Å². The van der Waals surface area contributed by atoms with E-state index in [1.54, 1.807) is 6.07 Å². The molecule has 0 heterocycles. The van der Waals surface area contributed by atoms with Crippen LogP contribution in [0.2, 0.25) is 0 Å². The summed E-state index contributed by atoms with van der Waals surface area (Å²) in [6, 6.07) is 4.52. The second-order valence-corrected chi connectivity index (χ2v) is 5.78. The van der Waals surface area contributed by atoms with E-state index < -0.39 is 10.9 Å². The third-order valence-corrected chi connectivity index (χ3v) is 4.17. The van der Waals surface area contributed by atoms with E-state index >= 15 is 0 Å². The molecule has 122 valence electrons. The molecule has 0 saturated heterocycles. The second-order valence-electron chi connectivity index (χ2n) is 5.78. The van der Waals surface area contributed by atoms with Gasteiger partial charge >= 0.3 is 5.97 Å². The number of hydrogen-bond donors (Lipinski definition) is 1. The van der Waals surface area contributed by atoms with Gasteiger partial charge in [0.1, 0.15) is 5.69 Å². The molecule has 1 aromatic carbocycles. The highest BCUT2D eigenvalue weighted by atomic mass is 16.6. The van der Waals surface area contributed by atoms with E-state index in [2.05, 4.69) is 18.2 Å². The molecule has 6 nitrogen and oxygen atoms in total. The Morgan fingerprint density at radius 3 is 2.87 bits per heavy atom. The molecule has 0 spiro atoms. The van der Waals surface area contributed by atoms with Crippen LogP contribution < -0.4 is 5.32 Å². The normalized spacial score (nSPS) is 20.3. The second kappa shape index (κ2) is 7.63. The number of rotatable bonds is 5. The summed E-state index contributed by atoms with van der Waals surface area (Å²) >= 11 is 0. The molecule has 0 amide bonds. The molecule has 2 unspecified atom stereocenters. The first-order valence-corrected chi connectivity index (χ1v) is 7.68. The zero-order valence-electron chi connectivity index (χ0n) is 13.1. The Kier molecular flexibility index (Phi) is 5.58. The first-order chi connectivity index (χ1) is 11.0. The standard InChI is InChI=1S/C17H20N2O4/c1-3-10-23-17(20)13-8-9-15(16(11-13)19(21)22)18-14-7-5-4-6-12(14)2/h1,8-9,11-12,14,18H,4-7,10H2,2H3. The molecule has 1 aliphatic carbocycles. The topological polar surface area (TPSA) is 81.5 Å². The van der Waals surface area contributed by atoms with Crippen LogP contribution in [0.5, 0.6) is 0 Å². The van der Waals surface area contributed by atoms with E-state index in [0.717, 1.165) is 19.3 Å². The smallest absolute Gasteiger partial charge is 0.339 e. The van der Waals surface area contributed by atoms with Gasteiger partial charge in [-0.1, -0.05) is 25.7 Å². The number of hydrogen-bond acceptors (Lipinski definition) is 5. The number of carbonyl (C=O) groups excluding carboxylic acids is 1. The minimum Gasteiger partial charge on any atom is -0.449 e. The number of anilines is 1. The minimum absolute atomic E-state index is 0.120. The molecule has 0 bridgehead atoms. The van der Waals surface area contributed by atoms with Gasteiger partial charge < -0.3 is 10.1 Å². The summed E-state index contributed by atoms with van der Waals surface area (Å²) in [6.07, 6.45) is 9.45. The van der Waals surface area contributed by atoms with Crippen molar-refractivity contribution in [1.82, 2.24) is 0 Å². The molecule has 1 fully saturated rings. The van der Waals surface area contributed by atoms with Gasteiger partial charge in [-0.05, 0) is 30.9 Å². The number of nitrogens with zero attached hydrogens (tertiary/aromatic N) is 1. The lowest BCUT2D eigenvalue weighted by Gasteiger charge is -2.30. The van der Waals surface area contributed by atoms with E-state index in [1.807, 2.05) is 0 Å². The fraction of sp³-hybridized carbons (Fsp3) is 0.471. The number of nitrogens with one attached hydrogen (secondary N) is 1. The number of ether oxygens (including phenoxy) is 1. The van der Waals surface area contributed by atoms with E-state index in [-0.39, 0.29) is 23.9 Å². The van der Waals surface area contributed by atoms with Crippen LogP contribution in [-0.2, 0) is 4.74 Å². The fourth-order valence-electron chi connectivity index (χ4n) is 2.85. The fourth-order valence-corrected chi connectivity index (χ4v) is 2.85. The molecular weight excluding hydrogens is 296 g/mol.